The van der Waals surface area contributed by atoms with Gasteiger partial charge in [-0.1, -0.05) is 30.3 Å². The Hall–Kier alpha value is -1.74. The fourth-order valence-corrected chi connectivity index (χ4v) is 1.68. The molecular formula is C13H15NO2. The van der Waals surface area contributed by atoms with Crippen LogP contribution >= 0.6 is 0 Å². The molecule has 0 aliphatic heterocycles. The standard InChI is InChI=1S/C13H15NO2/c1-9(15)13(10(2)16)12(8-14)11-6-4-3-5-7-11/h3-7H,8,14H2,1-2H3. The summed E-state index contributed by atoms with van der Waals surface area (Å²) >= 11 is 0. The van der Waals surface area contributed by atoms with Gasteiger partial charge in [-0.15, -0.1) is 0 Å². The monoisotopic (exact) mass is 217 g/mol. The third-order valence-corrected chi connectivity index (χ3v) is 2.33. The summed E-state index contributed by atoms with van der Waals surface area (Å²) in [6.45, 7) is 2.95. The van der Waals surface area contributed by atoms with E-state index in [9.17, 15) is 9.59 Å². The predicted molar refractivity (Wildman–Crippen MR) is 63.8 cm³/mol. The first-order valence-electron chi connectivity index (χ1n) is 5.08. The summed E-state index contributed by atoms with van der Waals surface area (Å²) in [6, 6.07) is 9.26. The van der Waals surface area contributed by atoms with Crippen LogP contribution in [0.15, 0.2) is 35.9 Å². The number of ketones is 2. The van der Waals surface area contributed by atoms with E-state index in [4.69, 9.17) is 5.73 Å². The molecule has 2 N–H and O–H groups in total. The number of allylic oxidation sites excluding steroid dienone is 1. The summed E-state index contributed by atoms with van der Waals surface area (Å²) < 4.78 is 0. The van der Waals surface area contributed by atoms with Crippen LogP contribution in [0.25, 0.3) is 5.57 Å². The first kappa shape index (κ1) is 12.3. The largest absolute Gasteiger partial charge is 0.326 e. The van der Waals surface area contributed by atoms with E-state index in [1.807, 2.05) is 30.3 Å². The number of benzene rings is 1. The summed E-state index contributed by atoms with van der Waals surface area (Å²) in [5.74, 6) is -0.478. The lowest BCUT2D eigenvalue weighted by atomic mass is 9.95. The van der Waals surface area contributed by atoms with Crippen molar-refractivity contribution in [3.63, 3.8) is 0 Å². The van der Waals surface area contributed by atoms with Crippen molar-refractivity contribution in [1.29, 1.82) is 0 Å². The van der Waals surface area contributed by atoms with Crippen LogP contribution in [0.4, 0.5) is 0 Å². The van der Waals surface area contributed by atoms with Crippen molar-refractivity contribution >= 4 is 17.1 Å². The molecule has 16 heavy (non-hydrogen) atoms. The Bertz CT molecular complexity index is 417. The highest BCUT2D eigenvalue weighted by molar-refractivity contribution is 6.23. The number of Topliss-reactive ketones (excluding diaryl/α,β-unsaturated/α-hetero) is 2. The Balaban J connectivity index is 3.38. The highest BCUT2D eigenvalue weighted by Gasteiger charge is 2.16. The average Bonchev–Trinajstić information content (AvgIpc) is 2.25. The van der Waals surface area contributed by atoms with Gasteiger partial charge in [-0.05, 0) is 25.0 Å². The summed E-state index contributed by atoms with van der Waals surface area (Å²) in [5, 5.41) is 0. The highest BCUT2D eigenvalue weighted by atomic mass is 16.1. The molecule has 0 fully saturated rings. The molecular weight excluding hydrogens is 202 g/mol. The Kier molecular flexibility index (Phi) is 4.14. The number of nitrogens with two attached hydrogens (primary N) is 1. The van der Waals surface area contributed by atoms with Crippen LogP contribution < -0.4 is 5.73 Å². The second kappa shape index (κ2) is 5.37. The lowest BCUT2D eigenvalue weighted by Crippen LogP contribution is -2.14. The smallest absolute Gasteiger partial charge is 0.163 e. The maximum Gasteiger partial charge on any atom is 0.163 e. The molecule has 84 valence electrons. The fraction of sp³-hybridized carbons (Fsp3) is 0.231. The third-order valence-electron chi connectivity index (χ3n) is 2.33. The van der Waals surface area contributed by atoms with Gasteiger partial charge in [0.25, 0.3) is 0 Å². The molecule has 0 unspecified atom stereocenters. The zero-order valence-electron chi connectivity index (χ0n) is 9.49. The van der Waals surface area contributed by atoms with Gasteiger partial charge in [0.05, 0.1) is 5.57 Å². The second-order valence-corrected chi connectivity index (χ2v) is 3.54. The van der Waals surface area contributed by atoms with E-state index in [-0.39, 0.29) is 23.7 Å². The lowest BCUT2D eigenvalue weighted by Gasteiger charge is -2.09. The molecule has 0 atom stereocenters. The molecule has 0 aliphatic rings. The number of rotatable bonds is 4. The van der Waals surface area contributed by atoms with Crippen LogP contribution in [-0.4, -0.2) is 18.1 Å². The molecule has 0 bridgehead atoms. The highest BCUT2D eigenvalue weighted by Crippen LogP contribution is 2.18. The second-order valence-electron chi connectivity index (χ2n) is 3.54. The first-order chi connectivity index (χ1) is 7.57. The third kappa shape index (κ3) is 2.64. The zero-order valence-corrected chi connectivity index (χ0v) is 9.49. The molecule has 1 aromatic carbocycles. The van der Waals surface area contributed by atoms with Crippen molar-refractivity contribution in [2.24, 2.45) is 5.73 Å². The van der Waals surface area contributed by atoms with Gasteiger partial charge < -0.3 is 5.73 Å². The van der Waals surface area contributed by atoms with Gasteiger partial charge in [-0.3, -0.25) is 9.59 Å². The molecule has 0 aliphatic carbocycles. The predicted octanol–water partition coefficient (Wildman–Crippen LogP) is 1.58. The van der Waals surface area contributed by atoms with E-state index < -0.39 is 0 Å². The number of hydrogen-bond donors (Lipinski definition) is 1. The van der Waals surface area contributed by atoms with E-state index in [1.54, 1.807) is 0 Å². The SMILES string of the molecule is CC(=O)C(C(C)=O)=C(CN)c1ccccc1. The average molecular weight is 217 g/mol. The van der Waals surface area contributed by atoms with Crippen LogP contribution in [-0.2, 0) is 9.59 Å². The Morgan fingerprint density at radius 2 is 1.56 bits per heavy atom. The molecule has 3 heteroatoms. The molecule has 1 rings (SSSR count). The lowest BCUT2D eigenvalue weighted by molar-refractivity contribution is -0.119. The molecule has 0 spiro atoms. The van der Waals surface area contributed by atoms with E-state index in [2.05, 4.69) is 0 Å². The zero-order chi connectivity index (χ0) is 12.1. The molecule has 0 radical (unpaired) electrons. The van der Waals surface area contributed by atoms with Crippen molar-refractivity contribution in [3.8, 4) is 0 Å². The number of hydrogen-bond acceptors (Lipinski definition) is 3. The molecule has 0 saturated carbocycles. The van der Waals surface area contributed by atoms with Crippen LogP contribution in [0, 0.1) is 0 Å². The molecule has 0 saturated heterocycles. The van der Waals surface area contributed by atoms with Gasteiger partial charge in [-0.2, -0.15) is 0 Å². The first-order valence-corrected chi connectivity index (χ1v) is 5.08. The van der Waals surface area contributed by atoms with Gasteiger partial charge in [0.2, 0.25) is 0 Å². The van der Waals surface area contributed by atoms with Crippen LogP contribution in [0.3, 0.4) is 0 Å². The normalized spacial score (nSPS) is 9.69. The molecule has 0 amide bonds. The van der Waals surface area contributed by atoms with Gasteiger partial charge in [0.15, 0.2) is 11.6 Å². The Labute approximate surface area is 95.0 Å². The number of carbonyl (C=O) groups excluding carboxylic acids is 2. The van der Waals surface area contributed by atoms with Crippen molar-refractivity contribution in [2.75, 3.05) is 6.54 Å². The van der Waals surface area contributed by atoms with E-state index >= 15 is 0 Å². The molecule has 3 nitrogen and oxygen atoms in total. The minimum atomic E-state index is -0.239. The van der Waals surface area contributed by atoms with Crippen LogP contribution in [0.2, 0.25) is 0 Å². The molecule has 0 aromatic heterocycles. The van der Waals surface area contributed by atoms with Crippen molar-refractivity contribution < 1.29 is 9.59 Å². The molecule has 0 heterocycles. The minimum absolute atomic E-state index is 0.179. The van der Waals surface area contributed by atoms with E-state index in [1.165, 1.54) is 13.8 Å². The topological polar surface area (TPSA) is 60.2 Å². The summed E-state index contributed by atoms with van der Waals surface area (Å²) in [6.07, 6.45) is 0. The Morgan fingerprint density at radius 1 is 1.06 bits per heavy atom. The van der Waals surface area contributed by atoms with Gasteiger partial charge >= 0.3 is 0 Å². The quantitative estimate of drug-likeness (QED) is 0.473. The van der Waals surface area contributed by atoms with Crippen molar-refractivity contribution in [1.82, 2.24) is 0 Å². The van der Waals surface area contributed by atoms with Crippen LogP contribution in [0.5, 0.6) is 0 Å². The maximum atomic E-state index is 11.4. The number of carbonyl (C=O) groups is 2. The summed E-state index contributed by atoms with van der Waals surface area (Å²) in [4.78, 5) is 22.8. The van der Waals surface area contributed by atoms with Gasteiger partial charge in [-0.25, -0.2) is 0 Å². The van der Waals surface area contributed by atoms with E-state index in [0.29, 0.717) is 5.57 Å². The van der Waals surface area contributed by atoms with Crippen molar-refractivity contribution in [3.05, 3.63) is 41.5 Å². The maximum absolute atomic E-state index is 11.4. The van der Waals surface area contributed by atoms with Crippen LogP contribution in [0.1, 0.15) is 19.4 Å². The summed E-state index contributed by atoms with van der Waals surface area (Å²) in [5.41, 5.74) is 7.26. The Morgan fingerprint density at radius 3 is 1.94 bits per heavy atom. The van der Waals surface area contributed by atoms with Gasteiger partial charge in [0.1, 0.15) is 0 Å². The minimum Gasteiger partial charge on any atom is -0.326 e. The fourth-order valence-electron chi connectivity index (χ4n) is 1.68. The molecule has 1 aromatic rings. The van der Waals surface area contributed by atoms with Crippen molar-refractivity contribution in [2.45, 2.75) is 13.8 Å². The van der Waals surface area contributed by atoms with E-state index in [0.717, 1.165) is 5.56 Å². The van der Waals surface area contributed by atoms with Gasteiger partial charge in [0, 0.05) is 6.54 Å². The summed E-state index contributed by atoms with van der Waals surface area (Å²) in [7, 11) is 0.